The van der Waals surface area contributed by atoms with Crippen molar-refractivity contribution in [1.82, 2.24) is 15.5 Å². The number of amides is 2. The van der Waals surface area contributed by atoms with Crippen molar-refractivity contribution >= 4 is 16.8 Å². The lowest BCUT2D eigenvalue weighted by Gasteiger charge is -2.25. The molecule has 1 heterocycles. The zero-order chi connectivity index (χ0) is 20.2. The van der Waals surface area contributed by atoms with E-state index in [9.17, 15) is 4.79 Å². The van der Waals surface area contributed by atoms with E-state index in [0.717, 1.165) is 24.3 Å². The molecule has 4 rings (SSSR count). The van der Waals surface area contributed by atoms with Crippen LogP contribution in [0.2, 0.25) is 0 Å². The first-order valence-electron chi connectivity index (χ1n) is 10.0. The second kappa shape index (κ2) is 8.53. The predicted octanol–water partition coefficient (Wildman–Crippen LogP) is 3.88. The van der Waals surface area contributed by atoms with Crippen LogP contribution in [0.5, 0.6) is 5.75 Å². The fourth-order valence-electron chi connectivity index (χ4n) is 3.89. The first-order chi connectivity index (χ1) is 14.1. The summed E-state index contributed by atoms with van der Waals surface area (Å²) in [5.74, 6) is 0.979. The summed E-state index contributed by atoms with van der Waals surface area (Å²) in [7, 11) is 4.06. The Morgan fingerprint density at radius 1 is 1.07 bits per heavy atom. The summed E-state index contributed by atoms with van der Waals surface area (Å²) >= 11 is 0. The molecule has 150 valence electrons. The molecule has 0 radical (unpaired) electrons. The van der Waals surface area contributed by atoms with Crippen LogP contribution in [-0.2, 0) is 13.0 Å². The van der Waals surface area contributed by atoms with Crippen molar-refractivity contribution in [2.45, 2.75) is 19.0 Å². The molecule has 5 nitrogen and oxygen atoms in total. The Morgan fingerprint density at radius 2 is 1.90 bits per heavy atom. The molecule has 29 heavy (non-hydrogen) atoms. The third-order valence-electron chi connectivity index (χ3n) is 5.50. The Labute approximate surface area is 171 Å². The minimum Gasteiger partial charge on any atom is -0.493 e. The minimum absolute atomic E-state index is 0.101. The SMILES string of the molecule is CN(C)[C@H](CNC(=O)NCc1cccc2ccccc12)c1ccc2c(c1)CCO2. The summed E-state index contributed by atoms with van der Waals surface area (Å²) in [6, 6.07) is 20.7. The van der Waals surface area contributed by atoms with Crippen molar-refractivity contribution in [3.05, 3.63) is 77.4 Å². The van der Waals surface area contributed by atoms with Gasteiger partial charge in [0.25, 0.3) is 0 Å². The summed E-state index contributed by atoms with van der Waals surface area (Å²) in [6.07, 6.45) is 0.947. The van der Waals surface area contributed by atoms with Gasteiger partial charge in [-0.15, -0.1) is 0 Å². The number of rotatable bonds is 6. The first kappa shape index (κ1) is 19.3. The Hall–Kier alpha value is -3.05. The number of hydrogen-bond acceptors (Lipinski definition) is 3. The van der Waals surface area contributed by atoms with Gasteiger partial charge in [0.1, 0.15) is 5.75 Å². The summed E-state index contributed by atoms with van der Waals surface area (Å²) < 4.78 is 5.60. The highest BCUT2D eigenvalue weighted by Gasteiger charge is 2.19. The van der Waals surface area contributed by atoms with E-state index in [1.165, 1.54) is 21.9 Å². The number of ether oxygens (including phenoxy) is 1. The maximum absolute atomic E-state index is 12.4. The number of fused-ring (bicyclic) bond motifs is 2. The zero-order valence-electron chi connectivity index (χ0n) is 16.9. The summed E-state index contributed by atoms with van der Waals surface area (Å²) in [5, 5.41) is 8.36. The Morgan fingerprint density at radius 3 is 2.76 bits per heavy atom. The number of carbonyl (C=O) groups is 1. The predicted molar refractivity (Wildman–Crippen MR) is 116 cm³/mol. The van der Waals surface area contributed by atoms with Gasteiger partial charge < -0.3 is 20.3 Å². The van der Waals surface area contributed by atoms with Crippen LogP contribution in [0.3, 0.4) is 0 Å². The number of benzene rings is 3. The van der Waals surface area contributed by atoms with E-state index in [0.29, 0.717) is 13.1 Å². The molecular weight excluding hydrogens is 362 g/mol. The fraction of sp³-hybridized carbons (Fsp3) is 0.292. The number of nitrogens with one attached hydrogen (secondary N) is 2. The molecule has 1 atom stereocenters. The molecule has 0 aliphatic carbocycles. The largest absolute Gasteiger partial charge is 0.493 e. The molecule has 3 aromatic rings. The Bertz CT molecular complexity index is 1010. The van der Waals surface area contributed by atoms with E-state index in [1.54, 1.807) is 0 Å². The van der Waals surface area contributed by atoms with Gasteiger partial charge in [-0.1, -0.05) is 54.6 Å². The number of likely N-dealkylation sites (N-methyl/N-ethyl adjacent to an activating group) is 1. The molecule has 0 saturated carbocycles. The van der Waals surface area contributed by atoms with Gasteiger partial charge in [-0.25, -0.2) is 4.79 Å². The first-order valence-corrected chi connectivity index (χ1v) is 10.0. The van der Waals surface area contributed by atoms with Crippen molar-refractivity contribution in [3.63, 3.8) is 0 Å². The minimum atomic E-state index is -0.158. The molecule has 1 aliphatic rings. The number of carbonyl (C=O) groups excluding carboxylic acids is 1. The van der Waals surface area contributed by atoms with E-state index in [4.69, 9.17) is 4.74 Å². The fourth-order valence-corrected chi connectivity index (χ4v) is 3.89. The Kier molecular flexibility index (Phi) is 5.67. The summed E-state index contributed by atoms with van der Waals surface area (Å²) in [4.78, 5) is 14.6. The second-order valence-corrected chi connectivity index (χ2v) is 7.65. The quantitative estimate of drug-likeness (QED) is 0.673. The molecular formula is C24H27N3O2. The molecule has 2 amide bonds. The van der Waals surface area contributed by atoms with Crippen molar-refractivity contribution < 1.29 is 9.53 Å². The maximum Gasteiger partial charge on any atom is 0.315 e. The molecule has 3 aromatic carbocycles. The van der Waals surface area contributed by atoms with Crippen molar-refractivity contribution in [2.75, 3.05) is 27.2 Å². The molecule has 0 unspecified atom stereocenters. The van der Waals surface area contributed by atoms with Crippen LogP contribution >= 0.6 is 0 Å². The zero-order valence-corrected chi connectivity index (χ0v) is 16.9. The molecule has 0 bridgehead atoms. The third kappa shape index (κ3) is 4.35. The summed E-state index contributed by atoms with van der Waals surface area (Å²) in [5.41, 5.74) is 3.55. The lowest BCUT2D eigenvalue weighted by Crippen LogP contribution is -2.40. The van der Waals surface area contributed by atoms with Gasteiger partial charge in [0, 0.05) is 19.5 Å². The number of urea groups is 1. The van der Waals surface area contributed by atoms with E-state index < -0.39 is 0 Å². The van der Waals surface area contributed by atoms with Gasteiger partial charge >= 0.3 is 6.03 Å². The maximum atomic E-state index is 12.4. The highest BCUT2D eigenvalue weighted by atomic mass is 16.5. The van der Waals surface area contributed by atoms with Crippen LogP contribution in [0, 0.1) is 0 Å². The molecule has 2 N–H and O–H groups in total. The van der Waals surface area contributed by atoms with Gasteiger partial charge in [0.2, 0.25) is 0 Å². The smallest absolute Gasteiger partial charge is 0.315 e. The molecule has 1 aliphatic heterocycles. The average Bonchev–Trinajstić information content (AvgIpc) is 3.20. The molecule has 0 spiro atoms. The van der Waals surface area contributed by atoms with Crippen LogP contribution in [-0.4, -0.2) is 38.2 Å². The van der Waals surface area contributed by atoms with E-state index in [-0.39, 0.29) is 12.1 Å². The van der Waals surface area contributed by atoms with Gasteiger partial charge in [0.15, 0.2) is 0 Å². The highest BCUT2D eigenvalue weighted by molar-refractivity contribution is 5.86. The lowest BCUT2D eigenvalue weighted by atomic mass is 10.0. The standard InChI is InChI=1S/C24H27N3O2/c1-27(2)22(18-10-11-23-19(14-18)12-13-29-23)16-26-24(28)25-15-20-8-5-7-17-6-3-4-9-21(17)20/h3-11,14,22H,12-13,15-16H2,1-2H3,(H2,25,26,28)/t22-/m1/s1. The van der Waals surface area contributed by atoms with Crippen LogP contribution in [0.15, 0.2) is 60.7 Å². The molecule has 0 saturated heterocycles. The molecule has 0 aromatic heterocycles. The monoisotopic (exact) mass is 389 g/mol. The van der Waals surface area contributed by atoms with Crippen LogP contribution in [0.4, 0.5) is 4.79 Å². The average molecular weight is 389 g/mol. The van der Waals surface area contributed by atoms with E-state index in [2.05, 4.69) is 51.9 Å². The van der Waals surface area contributed by atoms with E-state index in [1.807, 2.05) is 38.4 Å². The van der Waals surface area contributed by atoms with Crippen LogP contribution in [0.1, 0.15) is 22.7 Å². The third-order valence-corrected chi connectivity index (χ3v) is 5.50. The normalized spacial score (nSPS) is 13.8. The van der Waals surface area contributed by atoms with Crippen LogP contribution < -0.4 is 15.4 Å². The van der Waals surface area contributed by atoms with Crippen LogP contribution in [0.25, 0.3) is 10.8 Å². The lowest BCUT2D eigenvalue weighted by molar-refractivity contribution is 0.232. The Balaban J connectivity index is 1.37. The van der Waals surface area contributed by atoms with Crippen molar-refractivity contribution in [1.29, 1.82) is 0 Å². The van der Waals surface area contributed by atoms with Gasteiger partial charge in [-0.3, -0.25) is 0 Å². The molecule has 5 heteroatoms. The summed E-state index contributed by atoms with van der Waals surface area (Å²) in [6.45, 7) is 1.78. The number of nitrogens with zero attached hydrogens (tertiary/aromatic N) is 1. The van der Waals surface area contributed by atoms with Gasteiger partial charge in [0.05, 0.1) is 12.6 Å². The van der Waals surface area contributed by atoms with Gasteiger partial charge in [-0.05, 0) is 47.6 Å². The molecule has 0 fully saturated rings. The second-order valence-electron chi connectivity index (χ2n) is 7.65. The number of hydrogen-bond donors (Lipinski definition) is 2. The van der Waals surface area contributed by atoms with Crippen molar-refractivity contribution in [2.24, 2.45) is 0 Å². The van der Waals surface area contributed by atoms with E-state index >= 15 is 0 Å². The highest BCUT2D eigenvalue weighted by Crippen LogP contribution is 2.29. The topological polar surface area (TPSA) is 53.6 Å². The van der Waals surface area contributed by atoms with Crippen molar-refractivity contribution in [3.8, 4) is 5.75 Å². The van der Waals surface area contributed by atoms with Gasteiger partial charge in [-0.2, -0.15) is 0 Å².